The van der Waals surface area contributed by atoms with E-state index in [1.807, 2.05) is 0 Å². The molecule has 0 aliphatic rings. The SMILES string of the molecule is CN(C)C(=O)[C@H](OC(=O)c1ccc(S(=O)(=O)C(F)F)cc1)c1ccccc1. The fourth-order valence-electron chi connectivity index (χ4n) is 2.18. The third-order valence-corrected chi connectivity index (χ3v) is 5.04. The molecule has 144 valence electrons. The van der Waals surface area contributed by atoms with Crippen LogP contribution < -0.4 is 0 Å². The molecule has 0 unspecified atom stereocenters. The normalized spacial score (nSPS) is 12.5. The number of alkyl halides is 2. The Labute approximate surface area is 155 Å². The predicted octanol–water partition coefficient (Wildman–Crippen LogP) is 2.67. The van der Waals surface area contributed by atoms with E-state index in [1.54, 1.807) is 30.3 Å². The molecule has 2 aromatic rings. The Kier molecular flexibility index (Phi) is 6.27. The molecule has 9 heteroatoms. The summed E-state index contributed by atoms with van der Waals surface area (Å²) in [5, 5.41) is 0. The van der Waals surface area contributed by atoms with Gasteiger partial charge in [0.05, 0.1) is 10.5 Å². The largest absolute Gasteiger partial charge is 0.444 e. The molecule has 27 heavy (non-hydrogen) atoms. The van der Waals surface area contributed by atoms with E-state index < -0.39 is 38.5 Å². The van der Waals surface area contributed by atoms with Crippen LogP contribution in [-0.4, -0.2) is 45.0 Å². The molecule has 0 heterocycles. The number of amides is 1. The van der Waals surface area contributed by atoms with Crippen molar-refractivity contribution < 1.29 is 31.5 Å². The first kappa shape index (κ1) is 20.5. The quantitative estimate of drug-likeness (QED) is 0.700. The highest BCUT2D eigenvalue weighted by molar-refractivity contribution is 7.91. The van der Waals surface area contributed by atoms with Crippen LogP contribution in [0.4, 0.5) is 8.78 Å². The molecule has 0 aliphatic carbocycles. The highest BCUT2D eigenvalue weighted by atomic mass is 32.2. The van der Waals surface area contributed by atoms with E-state index in [4.69, 9.17) is 4.74 Å². The molecule has 0 spiro atoms. The van der Waals surface area contributed by atoms with Crippen LogP contribution in [0.3, 0.4) is 0 Å². The summed E-state index contributed by atoms with van der Waals surface area (Å²) in [6.07, 6.45) is -1.20. The molecule has 0 radical (unpaired) electrons. The first-order valence-corrected chi connectivity index (χ1v) is 9.28. The molecule has 2 aromatic carbocycles. The van der Waals surface area contributed by atoms with Crippen molar-refractivity contribution in [3.63, 3.8) is 0 Å². The molecule has 0 saturated carbocycles. The Morgan fingerprint density at radius 1 is 0.963 bits per heavy atom. The molecule has 2 rings (SSSR count). The van der Waals surface area contributed by atoms with Gasteiger partial charge in [-0.05, 0) is 24.3 Å². The molecule has 0 aromatic heterocycles. The van der Waals surface area contributed by atoms with Crippen LogP contribution in [-0.2, 0) is 19.4 Å². The number of carbonyl (C=O) groups excluding carboxylic acids is 2. The van der Waals surface area contributed by atoms with Gasteiger partial charge in [-0.1, -0.05) is 30.3 Å². The van der Waals surface area contributed by atoms with E-state index >= 15 is 0 Å². The number of ether oxygens (including phenoxy) is 1. The van der Waals surface area contributed by atoms with Gasteiger partial charge in [-0.25, -0.2) is 13.2 Å². The summed E-state index contributed by atoms with van der Waals surface area (Å²) >= 11 is 0. The summed E-state index contributed by atoms with van der Waals surface area (Å²) in [6, 6.07) is 12.2. The van der Waals surface area contributed by atoms with Crippen molar-refractivity contribution in [2.24, 2.45) is 0 Å². The number of hydrogen-bond donors (Lipinski definition) is 0. The van der Waals surface area contributed by atoms with E-state index in [1.165, 1.54) is 19.0 Å². The average Bonchev–Trinajstić information content (AvgIpc) is 2.66. The summed E-state index contributed by atoms with van der Waals surface area (Å²) in [5.74, 6) is -4.91. The number of nitrogens with zero attached hydrogens (tertiary/aromatic N) is 1. The van der Waals surface area contributed by atoms with Gasteiger partial charge >= 0.3 is 11.7 Å². The van der Waals surface area contributed by atoms with Crippen LogP contribution in [0.25, 0.3) is 0 Å². The van der Waals surface area contributed by atoms with E-state index in [0.717, 1.165) is 24.3 Å². The first-order valence-electron chi connectivity index (χ1n) is 7.74. The lowest BCUT2D eigenvalue weighted by atomic mass is 10.1. The third-order valence-electron chi connectivity index (χ3n) is 3.65. The Morgan fingerprint density at radius 2 is 1.52 bits per heavy atom. The lowest BCUT2D eigenvalue weighted by Gasteiger charge is -2.21. The van der Waals surface area contributed by atoms with Crippen LogP contribution in [0.1, 0.15) is 22.0 Å². The van der Waals surface area contributed by atoms with Gasteiger partial charge in [-0.15, -0.1) is 0 Å². The Balaban J connectivity index is 2.26. The van der Waals surface area contributed by atoms with E-state index in [9.17, 15) is 26.8 Å². The third kappa shape index (κ3) is 4.68. The summed E-state index contributed by atoms with van der Waals surface area (Å²) in [4.78, 5) is 25.4. The number of hydrogen-bond acceptors (Lipinski definition) is 5. The van der Waals surface area contributed by atoms with Crippen LogP contribution in [0.15, 0.2) is 59.5 Å². The van der Waals surface area contributed by atoms with Crippen molar-refractivity contribution in [2.45, 2.75) is 16.8 Å². The molecule has 1 amide bonds. The summed E-state index contributed by atoms with van der Waals surface area (Å²) < 4.78 is 53.3. The summed E-state index contributed by atoms with van der Waals surface area (Å²) in [5.41, 5.74) is 0.386. The zero-order valence-electron chi connectivity index (χ0n) is 14.5. The predicted molar refractivity (Wildman–Crippen MR) is 92.9 cm³/mol. The highest BCUT2D eigenvalue weighted by Gasteiger charge is 2.29. The van der Waals surface area contributed by atoms with Gasteiger partial charge < -0.3 is 9.64 Å². The van der Waals surface area contributed by atoms with Crippen molar-refractivity contribution in [3.05, 3.63) is 65.7 Å². The summed E-state index contributed by atoms with van der Waals surface area (Å²) in [6.45, 7) is 0. The fraction of sp³-hybridized carbons (Fsp3) is 0.222. The van der Waals surface area contributed by atoms with Crippen molar-refractivity contribution in [1.82, 2.24) is 4.90 Å². The Morgan fingerprint density at radius 3 is 2.00 bits per heavy atom. The maximum Gasteiger partial charge on any atom is 0.341 e. The van der Waals surface area contributed by atoms with E-state index in [-0.39, 0.29) is 5.56 Å². The standard InChI is InChI=1S/C18H17F2NO5S/c1-21(2)16(22)15(12-6-4-3-5-7-12)26-17(23)13-8-10-14(11-9-13)27(24,25)18(19)20/h3-11,15,18H,1-2H3/t15-/m1/s1. The van der Waals surface area contributed by atoms with Gasteiger partial charge in [0.1, 0.15) is 0 Å². The maximum atomic E-state index is 12.6. The number of benzene rings is 2. The van der Waals surface area contributed by atoms with Crippen LogP contribution >= 0.6 is 0 Å². The van der Waals surface area contributed by atoms with Crippen LogP contribution in [0.5, 0.6) is 0 Å². The number of rotatable bonds is 6. The van der Waals surface area contributed by atoms with Crippen molar-refractivity contribution in [1.29, 1.82) is 0 Å². The lowest BCUT2D eigenvalue weighted by molar-refractivity contribution is -0.138. The molecular weight excluding hydrogens is 380 g/mol. The molecule has 1 atom stereocenters. The number of halogens is 2. The number of carbonyl (C=O) groups is 2. The smallest absolute Gasteiger partial charge is 0.341 e. The Hall–Kier alpha value is -2.81. The highest BCUT2D eigenvalue weighted by Crippen LogP contribution is 2.23. The van der Waals surface area contributed by atoms with Gasteiger partial charge in [0, 0.05) is 19.7 Å². The molecule has 0 saturated heterocycles. The molecule has 0 bridgehead atoms. The van der Waals surface area contributed by atoms with E-state index in [2.05, 4.69) is 0 Å². The van der Waals surface area contributed by atoms with Gasteiger partial charge in [-0.3, -0.25) is 4.79 Å². The topological polar surface area (TPSA) is 80.8 Å². The minimum atomic E-state index is -4.76. The molecular formula is C18H17F2NO5S. The maximum absolute atomic E-state index is 12.6. The van der Waals surface area contributed by atoms with Crippen molar-refractivity contribution in [3.8, 4) is 0 Å². The second-order valence-corrected chi connectivity index (χ2v) is 7.68. The molecule has 6 nitrogen and oxygen atoms in total. The van der Waals surface area contributed by atoms with Crippen LogP contribution in [0.2, 0.25) is 0 Å². The van der Waals surface area contributed by atoms with Gasteiger partial charge in [0.25, 0.3) is 5.91 Å². The second-order valence-electron chi connectivity index (χ2n) is 5.76. The summed E-state index contributed by atoms with van der Waals surface area (Å²) in [7, 11) is -1.74. The van der Waals surface area contributed by atoms with Gasteiger partial charge in [0.15, 0.2) is 0 Å². The zero-order chi connectivity index (χ0) is 20.2. The Bertz CT molecular complexity index is 913. The van der Waals surface area contributed by atoms with Gasteiger partial charge in [0.2, 0.25) is 15.9 Å². The molecule has 0 N–H and O–H groups in total. The monoisotopic (exact) mass is 397 g/mol. The van der Waals surface area contributed by atoms with Crippen molar-refractivity contribution >= 4 is 21.7 Å². The zero-order valence-corrected chi connectivity index (χ0v) is 15.3. The minimum absolute atomic E-state index is 0.0734. The average molecular weight is 397 g/mol. The van der Waals surface area contributed by atoms with Crippen molar-refractivity contribution in [2.75, 3.05) is 14.1 Å². The first-order chi connectivity index (χ1) is 12.6. The minimum Gasteiger partial charge on any atom is -0.444 e. The van der Waals surface area contributed by atoms with Gasteiger partial charge in [-0.2, -0.15) is 8.78 Å². The van der Waals surface area contributed by atoms with E-state index in [0.29, 0.717) is 5.56 Å². The number of sulfone groups is 1. The fourth-order valence-corrected chi connectivity index (χ4v) is 2.90. The molecule has 0 aliphatic heterocycles. The second kappa shape index (κ2) is 8.26. The lowest BCUT2D eigenvalue weighted by Crippen LogP contribution is -2.31. The number of esters is 1. The van der Waals surface area contributed by atoms with Crippen LogP contribution in [0, 0.1) is 0 Å². The molecule has 0 fully saturated rings. The number of likely N-dealkylation sites (N-methyl/N-ethyl adjacent to an activating group) is 1.